The topological polar surface area (TPSA) is 27.6 Å². The van der Waals surface area contributed by atoms with E-state index in [0.29, 0.717) is 5.41 Å². The molecule has 5 heteroatoms. The van der Waals surface area contributed by atoms with Crippen LogP contribution in [-0.2, 0) is 6.42 Å². The summed E-state index contributed by atoms with van der Waals surface area (Å²) in [6.45, 7) is 3.38. The molecule has 1 aromatic heterocycles. The molecule has 1 spiro atoms. The maximum absolute atomic E-state index is 4.50. The molecule has 1 saturated carbocycles. The second kappa shape index (κ2) is 8.52. The highest BCUT2D eigenvalue weighted by molar-refractivity contribution is 14.0. The number of guanidine groups is 1. The van der Waals surface area contributed by atoms with E-state index in [2.05, 4.69) is 32.7 Å². The van der Waals surface area contributed by atoms with Gasteiger partial charge >= 0.3 is 0 Å². The quantitative estimate of drug-likeness (QED) is 0.441. The van der Waals surface area contributed by atoms with Crippen LogP contribution in [0.25, 0.3) is 0 Å². The number of nitrogens with zero attached hydrogens (tertiary/aromatic N) is 2. The molecule has 0 bridgehead atoms. The van der Waals surface area contributed by atoms with Gasteiger partial charge in [0.1, 0.15) is 0 Å². The molecule has 1 aromatic rings. The molecular weight excluding hydrogens is 405 g/mol. The number of thiophene rings is 1. The van der Waals surface area contributed by atoms with Gasteiger partial charge in [0.25, 0.3) is 0 Å². The zero-order valence-electron chi connectivity index (χ0n) is 13.5. The Hall–Kier alpha value is -0.300. The Bertz CT molecular complexity index is 466. The lowest BCUT2D eigenvalue weighted by Gasteiger charge is -2.33. The Balaban J connectivity index is 0.00000176. The summed E-state index contributed by atoms with van der Waals surface area (Å²) in [5, 5.41) is 5.70. The molecule has 3 rings (SSSR count). The third-order valence-electron chi connectivity index (χ3n) is 5.10. The van der Waals surface area contributed by atoms with Crippen molar-refractivity contribution in [3.63, 3.8) is 0 Å². The van der Waals surface area contributed by atoms with Gasteiger partial charge in [0, 0.05) is 31.6 Å². The van der Waals surface area contributed by atoms with Crippen LogP contribution < -0.4 is 5.32 Å². The van der Waals surface area contributed by atoms with Gasteiger partial charge in [-0.05, 0) is 42.5 Å². The van der Waals surface area contributed by atoms with Crippen LogP contribution in [0.2, 0.25) is 0 Å². The van der Waals surface area contributed by atoms with Gasteiger partial charge < -0.3 is 10.2 Å². The third-order valence-corrected chi connectivity index (χ3v) is 6.03. The van der Waals surface area contributed by atoms with E-state index in [1.165, 1.54) is 56.5 Å². The van der Waals surface area contributed by atoms with Gasteiger partial charge in [0.2, 0.25) is 0 Å². The highest BCUT2D eigenvalue weighted by atomic mass is 127. The van der Waals surface area contributed by atoms with Crippen molar-refractivity contribution in [2.45, 2.75) is 44.9 Å². The number of hydrogen-bond acceptors (Lipinski definition) is 2. The first kappa shape index (κ1) is 18.0. The van der Waals surface area contributed by atoms with E-state index in [4.69, 9.17) is 0 Å². The van der Waals surface area contributed by atoms with E-state index in [9.17, 15) is 0 Å². The van der Waals surface area contributed by atoms with Gasteiger partial charge in [0.05, 0.1) is 0 Å². The highest BCUT2D eigenvalue weighted by Gasteiger charge is 2.39. The van der Waals surface area contributed by atoms with Crippen molar-refractivity contribution < 1.29 is 0 Å². The zero-order chi connectivity index (χ0) is 14.5. The molecule has 2 aliphatic rings. The lowest BCUT2D eigenvalue weighted by molar-refractivity contribution is 0.203. The van der Waals surface area contributed by atoms with Crippen molar-refractivity contribution in [3.8, 4) is 0 Å². The first-order valence-corrected chi connectivity index (χ1v) is 9.17. The maximum atomic E-state index is 4.50. The van der Waals surface area contributed by atoms with Crippen LogP contribution in [0.5, 0.6) is 0 Å². The molecule has 3 nitrogen and oxygen atoms in total. The van der Waals surface area contributed by atoms with Crippen LogP contribution in [0.3, 0.4) is 0 Å². The lowest BCUT2D eigenvalue weighted by atomic mass is 9.73. The van der Waals surface area contributed by atoms with Gasteiger partial charge in [-0.15, -0.1) is 35.3 Å². The van der Waals surface area contributed by atoms with Crippen LogP contribution in [-0.4, -0.2) is 37.5 Å². The minimum absolute atomic E-state index is 0. The third kappa shape index (κ3) is 4.37. The monoisotopic (exact) mass is 433 g/mol. The molecule has 1 saturated heterocycles. The van der Waals surface area contributed by atoms with Crippen molar-refractivity contribution in [1.29, 1.82) is 0 Å². The normalized spacial score (nSPS) is 21.0. The van der Waals surface area contributed by atoms with E-state index in [1.807, 2.05) is 18.4 Å². The summed E-state index contributed by atoms with van der Waals surface area (Å²) in [6.07, 6.45) is 9.60. The Morgan fingerprint density at radius 1 is 1.32 bits per heavy atom. The molecule has 2 fully saturated rings. The van der Waals surface area contributed by atoms with Gasteiger partial charge in [0.15, 0.2) is 5.96 Å². The number of rotatable bonds is 3. The van der Waals surface area contributed by atoms with E-state index in [-0.39, 0.29) is 24.0 Å². The molecular formula is C17H28IN3S. The molecule has 0 atom stereocenters. The zero-order valence-corrected chi connectivity index (χ0v) is 16.7. The minimum Gasteiger partial charge on any atom is -0.356 e. The first-order valence-electron chi connectivity index (χ1n) is 8.29. The Labute approximate surface area is 155 Å². The van der Waals surface area contributed by atoms with Gasteiger partial charge in [-0.2, -0.15) is 0 Å². The van der Waals surface area contributed by atoms with E-state index < -0.39 is 0 Å². The van der Waals surface area contributed by atoms with Gasteiger partial charge in [-0.25, -0.2) is 0 Å². The molecule has 124 valence electrons. The van der Waals surface area contributed by atoms with E-state index in [0.717, 1.165) is 18.9 Å². The molecule has 0 radical (unpaired) electrons. The summed E-state index contributed by atoms with van der Waals surface area (Å²) >= 11 is 1.84. The summed E-state index contributed by atoms with van der Waals surface area (Å²) in [7, 11) is 1.92. The predicted molar refractivity (Wildman–Crippen MR) is 107 cm³/mol. The van der Waals surface area contributed by atoms with Crippen LogP contribution in [0.4, 0.5) is 0 Å². The number of halogens is 1. The first-order chi connectivity index (χ1) is 10.3. The van der Waals surface area contributed by atoms with Crippen molar-refractivity contribution in [1.82, 2.24) is 10.2 Å². The Morgan fingerprint density at radius 2 is 2.14 bits per heavy atom. The smallest absolute Gasteiger partial charge is 0.193 e. The average Bonchev–Trinajstić information content (AvgIpc) is 3.15. The second-order valence-electron chi connectivity index (χ2n) is 6.54. The molecule has 0 aromatic carbocycles. The van der Waals surface area contributed by atoms with E-state index >= 15 is 0 Å². The molecule has 1 N–H and O–H groups in total. The fraction of sp³-hybridized carbons (Fsp3) is 0.706. The summed E-state index contributed by atoms with van der Waals surface area (Å²) in [6, 6.07) is 4.34. The number of nitrogens with one attached hydrogen (secondary N) is 1. The van der Waals surface area contributed by atoms with Crippen LogP contribution in [0.1, 0.15) is 43.4 Å². The Morgan fingerprint density at radius 3 is 2.82 bits per heavy atom. The Kier molecular flexibility index (Phi) is 6.99. The largest absolute Gasteiger partial charge is 0.356 e. The van der Waals surface area contributed by atoms with Crippen molar-refractivity contribution >= 4 is 41.3 Å². The fourth-order valence-corrected chi connectivity index (χ4v) is 4.62. The molecule has 1 aliphatic carbocycles. The number of hydrogen-bond donors (Lipinski definition) is 1. The predicted octanol–water partition coefficient (Wildman–Crippen LogP) is 4.14. The molecule has 22 heavy (non-hydrogen) atoms. The maximum Gasteiger partial charge on any atom is 0.193 e. The summed E-state index contributed by atoms with van der Waals surface area (Å²) < 4.78 is 0. The summed E-state index contributed by atoms with van der Waals surface area (Å²) in [5.74, 6) is 1.11. The fourth-order valence-electron chi connectivity index (χ4n) is 3.91. The average molecular weight is 433 g/mol. The van der Waals surface area contributed by atoms with Crippen molar-refractivity contribution in [3.05, 3.63) is 22.4 Å². The second-order valence-corrected chi connectivity index (χ2v) is 7.57. The number of likely N-dealkylation sites (tertiary alicyclic amines) is 1. The molecule has 0 amide bonds. The van der Waals surface area contributed by atoms with Crippen LogP contribution in [0, 0.1) is 5.41 Å². The molecule has 0 unspecified atom stereocenters. The van der Waals surface area contributed by atoms with Gasteiger partial charge in [-0.1, -0.05) is 25.3 Å². The summed E-state index contributed by atoms with van der Waals surface area (Å²) in [5.41, 5.74) is 0.601. The lowest BCUT2D eigenvalue weighted by Crippen LogP contribution is -2.42. The minimum atomic E-state index is 0. The van der Waals surface area contributed by atoms with Crippen LogP contribution >= 0.6 is 35.3 Å². The van der Waals surface area contributed by atoms with Crippen LogP contribution in [0.15, 0.2) is 22.5 Å². The van der Waals surface area contributed by atoms with Crippen molar-refractivity contribution in [2.75, 3.05) is 26.7 Å². The summed E-state index contributed by atoms with van der Waals surface area (Å²) in [4.78, 5) is 8.43. The van der Waals surface area contributed by atoms with Crippen molar-refractivity contribution in [2.24, 2.45) is 10.4 Å². The highest BCUT2D eigenvalue weighted by Crippen LogP contribution is 2.43. The van der Waals surface area contributed by atoms with E-state index in [1.54, 1.807) is 0 Å². The molecule has 1 aliphatic heterocycles. The molecule has 2 heterocycles. The number of aliphatic imine (C=N–C) groups is 1. The van der Waals surface area contributed by atoms with Gasteiger partial charge in [-0.3, -0.25) is 4.99 Å². The SMILES string of the molecule is CN=C(NCCc1cccs1)N1CCC2(CCCCC2)C1.I. The standard InChI is InChI=1S/C17H27N3S.HI/c1-18-16(19-11-7-15-6-5-13-21-15)20-12-10-17(14-20)8-3-2-4-9-17;/h5-6,13H,2-4,7-12,14H2,1H3,(H,18,19);1H.